The summed E-state index contributed by atoms with van der Waals surface area (Å²) in [6.07, 6.45) is 2.61. The molecule has 1 aliphatic heterocycles. The molecule has 1 aliphatic rings. The number of carbonyl (C=O) groups excluding carboxylic acids is 1. The minimum atomic E-state index is -0.0646. The number of hydrogen-bond acceptors (Lipinski definition) is 3. The highest BCUT2D eigenvalue weighted by Gasteiger charge is 2.25. The molecule has 136 valence electrons. The number of carbonyl (C=O) groups is 1. The molecule has 0 bridgehead atoms. The van der Waals surface area contributed by atoms with Crippen LogP contribution in [-0.2, 0) is 13.0 Å². The van der Waals surface area contributed by atoms with Crippen molar-refractivity contribution in [3.8, 4) is 5.75 Å². The van der Waals surface area contributed by atoms with Crippen molar-refractivity contribution in [3.63, 3.8) is 0 Å². The van der Waals surface area contributed by atoms with Crippen LogP contribution in [0.4, 0.5) is 0 Å². The molecule has 0 spiro atoms. The number of rotatable bonds is 5. The van der Waals surface area contributed by atoms with Crippen LogP contribution in [0.1, 0.15) is 40.1 Å². The van der Waals surface area contributed by atoms with Crippen molar-refractivity contribution >= 4 is 5.91 Å². The molecule has 4 heteroatoms. The summed E-state index contributed by atoms with van der Waals surface area (Å²) < 4.78 is 5.57. The Bertz CT molecular complexity index is 926. The predicted molar refractivity (Wildman–Crippen MR) is 105 cm³/mol. The first kappa shape index (κ1) is 17.3. The van der Waals surface area contributed by atoms with E-state index in [9.17, 15) is 4.79 Å². The predicted octanol–water partition coefficient (Wildman–Crippen LogP) is 4.42. The lowest BCUT2D eigenvalue weighted by molar-refractivity contribution is 0.0671. The summed E-state index contributed by atoms with van der Waals surface area (Å²) in [6.45, 7) is 3.21. The number of benzene rings is 2. The third-order valence-corrected chi connectivity index (χ3v) is 5.01. The molecule has 1 atom stereocenters. The van der Waals surface area contributed by atoms with Gasteiger partial charge in [-0.1, -0.05) is 36.4 Å². The number of hydrogen-bond donors (Lipinski definition) is 0. The topological polar surface area (TPSA) is 42.4 Å². The number of ether oxygens (including phenoxy) is 1. The lowest BCUT2D eigenvalue weighted by Crippen LogP contribution is -2.33. The Balaban J connectivity index is 1.67. The normalized spacial score (nSPS) is 13.5. The van der Waals surface area contributed by atoms with Crippen molar-refractivity contribution in [2.45, 2.75) is 25.9 Å². The first-order valence-corrected chi connectivity index (χ1v) is 9.24. The van der Waals surface area contributed by atoms with E-state index in [1.165, 1.54) is 0 Å². The Morgan fingerprint density at radius 1 is 1.11 bits per heavy atom. The van der Waals surface area contributed by atoms with E-state index in [4.69, 9.17) is 4.74 Å². The van der Waals surface area contributed by atoms with Gasteiger partial charge in [-0.2, -0.15) is 0 Å². The van der Waals surface area contributed by atoms with E-state index in [1.807, 2.05) is 59.5 Å². The summed E-state index contributed by atoms with van der Waals surface area (Å²) in [5.74, 6) is 0.894. The highest BCUT2D eigenvalue weighted by atomic mass is 16.5. The van der Waals surface area contributed by atoms with Crippen molar-refractivity contribution in [1.82, 2.24) is 9.88 Å². The Labute approximate surface area is 159 Å². The van der Waals surface area contributed by atoms with Crippen molar-refractivity contribution in [3.05, 3.63) is 95.3 Å². The maximum Gasteiger partial charge on any atom is 0.254 e. The molecule has 4 rings (SSSR count). The average molecular weight is 358 g/mol. The first-order chi connectivity index (χ1) is 13.2. The third kappa shape index (κ3) is 3.70. The van der Waals surface area contributed by atoms with Gasteiger partial charge >= 0.3 is 0 Å². The summed E-state index contributed by atoms with van der Waals surface area (Å²) in [5.41, 5.74) is 3.77. The molecule has 0 aliphatic carbocycles. The maximum absolute atomic E-state index is 13.4. The van der Waals surface area contributed by atoms with E-state index >= 15 is 0 Å². The molecule has 3 aromatic rings. The zero-order valence-corrected chi connectivity index (χ0v) is 15.3. The molecular formula is C23H22N2O2. The minimum Gasteiger partial charge on any atom is -0.493 e. The molecule has 0 saturated heterocycles. The monoisotopic (exact) mass is 358 g/mol. The Kier molecular flexibility index (Phi) is 4.88. The molecule has 27 heavy (non-hydrogen) atoms. The number of pyridine rings is 1. The van der Waals surface area contributed by atoms with Crippen LogP contribution in [0.3, 0.4) is 0 Å². The van der Waals surface area contributed by atoms with E-state index in [0.29, 0.717) is 18.7 Å². The molecule has 0 N–H and O–H groups in total. The van der Waals surface area contributed by atoms with Gasteiger partial charge in [-0.15, -0.1) is 0 Å². The Morgan fingerprint density at radius 3 is 2.70 bits per heavy atom. The van der Waals surface area contributed by atoms with Crippen LogP contribution in [0.2, 0.25) is 0 Å². The largest absolute Gasteiger partial charge is 0.493 e. The van der Waals surface area contributed by atoms with Crippen LogP contribution in [0.25, 0.3) is 0 Å². The fraction of sp³-hybridized carbons (Fsp3) is 0.217. The molecule has 1 amide bonds. The lowest BCUT2D eigenvalue weighted by Gasteiger charge is -2.29. The quantitative estimate of drug-likeness (QED) is 0.678. The van der Waals surface area contributed by atoms with Gasteiger partial charge in [-0.25, -0.2) is 0 Å². The fourth-order valence-electron chi connectivity index (χ4n) is 3.45. The van der Waals surface area contributed by atoms with Crippen molar-refractivity contribution < 1.29 is 9.53 Å². The van der Waals surface area contributed by atoms with Crippen molar-refractivity contribution in [2.24, 2.45) is 0 Å². The molecule has 0 saturated carbocycles. The van der Waals surface area contributed by atoms with Gasteiger partial charge in [-0.3, -0.25) is 9.78 Å². The van der Waals surface area contributed by atoms with Gasteiger partial charge in [0.15, 0.2) is 0 Å². The van der Waals surface area contributed by atoms with Crippen molar-refractivity contribution in [2.75, 3.05) is 6.61 Å². The second-order valence-corrected chi connectivity index (χ2v) is 6.76. The molecule has 1 aromatic heterocycles. The summed E-state index contributed by atoms with van der Waals surface area (Å²) in [7, 11) is 0. The van der Waals surface area contributed by atoms with Crippen LogP contribution in [-0.4, -0.2) is 22.4 Å². The van der Waals surface area contributed by atoms with Crippen LogP contribution in [0.5, 0.6) is 5.75 Å². The van der Waals surface area contributed by atoms with Crippen LogP contribution in [0.15, 0.2) is 72.9 Å². The highest BCUT2D eigenvalue weighted by molar-refractivity contribution is 5.95. The van der Waals surface area contributed by atoms with Crippen LogP contribution in [0, 0.1) is 0 Å². The fourth-order valence-corrected chi connectivity index (χ4v) is 3.45. The van der Waals surface area contributed by atoms with E-state index in [-0.39, 0.29) is 11.9 Å². The molecular weight excluding hydrogens is 336 g/mol. The summed E-state index contributed by atoms with van der Waals surface area (Å²) in [5, 5.41) is 0. The number of amides is 1. The SMILES string of the molecule is C[C@H](c1ccccc1)N(Cc1ccccn1)C(=O)c1ccc2c(c1)CCO2. The molecule has 2 aromatic carbocycles. The van der Waals surface area contributed by atoms with Gasteiger partial charge in [-0.05, 0) is 48.4 Å². The maximum atomic E-state index is 13.4. The number of aromatic nitrogens is 1. The zero-order valence-electron chi connectivity index (χ0n) is 15.3. The summed E-state index contributed by atoms with van der Waals surface area (Å²) in [4.78, 5) is 19.7. The third-order valence-electron chi connectivity index (χ3n) is 5.01. The molecule has 0 unspecified atom stereocenters. The number of fused-ring (bicyclic) bond motifs is 1. The highest BCUT2D eigenvalue weighted by Crippen LogP contribution is 2.29. The zero-order chi connectivity index (χ0) is 18.6. The lowest BCUT2D eigenvalue weighted by atomic mass is 10.0. The van der Waals surface area contributed by atoms with Crippen LogP contribution >= 0.6 is 0 Å². The van der Waals surface area contributed by atoms with Gasteiger partial charge in [0.2, 0.25) is 0 Å². The molecule has 0 fully saturated rings. The molecule has 0 radical (unpaired) electrons. The first-order valence-electron chi connectivity index (χ1n) is 9.24. The van der Waals surface area contributed by atoms with E-state index < -0.39 is 0 Å². The van der Waals surface area contributed by atoms with E-state index in [0.717, 1.165) is 29.0 Å². The van der Waals surface area contributed by atoms with Gasteiger partial charge in [0.05, 0.1) is 24.9 Å². The van der Waals surface area contributed by atoms with Gasteiger partial charge in [0.25, 0.3) is 5.91 Å². The molecule has 4 nitrogen and oxygen atoms in total. The van der Waals surface area contributed by atoms with Gasteiger partial charge < -0.3 is 9.64 Å². The van der Waals surface area contributed by atoms with Gasteiger partial charge in [0.1, 0.15) is 5.75 Å². The smallest absolute Gasteiger partial charge is 0.254 e. The van der Waals surface area contributed by atoms with Crippen LogP contribution < -0.4 is 4.74 Å². The molecule has 2 heterocycles. The standard InChI is InChI=1S/C23H22N2O2/c1-17(18-7-3-2-4-8-18)25(16-21-9-5-6-13-24-21)23(26)20-10-11-22-19(15-20)12-14-27-22/h2-11,13,15,17H,12,14,16H2,1H3/t17-/m1/s1. The second-order valence-electron chi connectivity index (χ2n) is 6.76. The number of nitrogens with zero attached hydrogens (tertiary/aromatic N) is 2. The summed E-state index contributed by atoms with van der Waals surface area (Å²) in [6, 6.07) is 21.6. The minimum absolute atomic E-state index is 0.00621. The summed E-state index contributed by atoms with van der Waals surface area (Å²) >= 11 is 0. The van der Waals surface area contributed by atoms with E-state index in [2.05, 4.69) is 24.0 Å². The van der Waals surface area contributed by atoms with E-state index in [1.54, 1.807) is 6.20 Å². The Morgan fingerprint density at radius 2 is 1.93 bits per heavy atom. The Hall–Kier alpha value is -3.14. The van der Waals surface area contributed by atoms with Gasteiger partial charge in [0, 0.05) is 18.2 Å². The average Bonchev–Trinajstić information content (AvgIpc) is 3.20. The second kappa shape index (κ2) is 7.62. The van der Waals surface area contributed by atoms with Crippen molar-refractivity contribution in [1.29, 1.82) is 0 Å².